The second-order valence-electron chi connectivity index (χ2n) is 3.83. The molecule has 0 saturated heterocycles. The van der Waals surface area contributed by atoms with Crippen LogP contribution in [0, 0.1) is 6.92 Å². The fourth-order valence-electron chi connectivity index (χ4n) is 1.53. The summed E-state index contributed by atoms with van der Waals surface area (Å²) in [6, 6.07) is 6.76. The predicted molar refractivity (Wildman–Crippen MR) is 73.4 cm³/mol. The zero-order chi connectivity index (χ0) is 13.1. The van der Waals surface area contributed by atoms with E-state index in [1.165, 1.54) is 6.20 Å². The molecule has 92 valence electrons. The van der Waals surface area contributed by atoms with Crippen LogP contribution in [0.15, 0.2) is 36.7 Å². The highest BCUT2D eigenvalue weighted by Gasteiger charge is 2.09. The summed E-state index contributed by atoms with van der Waals surface area (Å²) in [6.45, 7) is 1.87. The largest absolute Gasteiger partial charge is 0.319 e. The molecule has 1 aromatic carbocycles. The Morgan fingerprint density at radius 2 is 2.06 bits per heavy atom. The molecule has 0 bridgehead atoms. The first kappa shape index (κ1) is 12.9. The lowest BCUT2D eigenvalue weighted by atomic mass is 10.1. The van der Waals surface area contributed by atoms with Crippen LogP contribution in [0.25, 0.3) is 0 Å². The van der Waals surface area contributed by atoms with Crippen molar-refractivity contribution < 1.29 is 4.79 Å². The molecule has 1 amide bonds. The van der Waals surface area contributed by atoms with Crippen molar-refractivity contribution in [2.75, 3.05) is 5.32 Å². The van der Waals surface area contributed by atoms with Gasteiger partial charge in [0.15, 0.2) is 0 Å². The van der Waals surface area contributed by atoms with Crippen molar-refractivity contribution in [2.24, 2.45) is 0 Å². The van der Waals surface area contributed by atoms with E-state index in [-0.39, 0.29) is 5.91 Å². The number of amides is 1. The van der Waals surface area contributed by atoms with Crippen LogP contribution in [0.4, 0.5) is 5.69 Å². The third kappa shape index (κ3) is 3.00. The summed E-state index contributed by atoms with van der Waals surface area (Å²) in [7, 11) is 0. The zero-order valence-corrected chi connectivity index (χ0v) is 11.1. The summed E-state index contributed by atoms with van der Waals surface area (Å²) in [6.07, 6.45) is 3.05. The molecular weight excluding hydrogens is 271 g/mol. The molecule has 0 radical (unpaired) electrons. The maximum absolute atomic E-state index is 12.0. The van der Waals surface area contributed by atoms with Gasteiger partial charge >= 0.3 is 0 Å². The zero-order valence-electron chi connectivity index (χ0n) is 9.58. The highest BCUT2D eigenvalue weighted by molar-refractivity contribution is 6.34. The number of hydrogen-bond donors (Lipinski definition) is 1. The van der Waals surface area contributed by atoms with Crippen LogP contribution >= 0.6 is 23.2 Å². The van der Waals surface area contributed by atoms with Crippen LogP contribution in [0.3, 0.4) is 0 Å². The Kier molecular flexibility index (Phi) is 3.84. The maximum Gasteiger partial charge on any atom is 0.255 e. The number of pyridine rings is 1. The topological polar surface area (TPSA) is 42.0 Å². The predicted octanol–water partition coefficient (Wildman–Crippen LogP) is 3.95. The molecule has 1 N–H and O–H groups in total. The number of carbonyl (C=O) groups is 1. The van der Waals surface area contributed by atoms with E-state index in [0.717, 1.165) is 5.56 Å². The quantitative estimate of drug-likeness (QED) is 0.905. The van der Waals surface area contributed by atoms with Gasteiger partial charge in [0.1, 0.15) is 0 Å². The van der Waals surface area contributed by atoms with Crippen molar-refractivity contribution in [1.82, 2.24) is 4.98 Å². The molecule has 2 aromatic rings. The molecule has 0 atom stereocenters. The lowest BCUT2D eigenvalue weighted by Crippen LogP contribution is -2.12. The van der Waals surface area contributed by atoms with Gasteiger partial charge in [-0.2, -0.15) is 0 Å². The number of nitrogens with zero attached hydrogens (tertiary/aromatic N) is 1. The first-order chi connectivity index (χ1) is 8.56. The molecule has 2 rings (SSSR count). The monoisotopic (exact) mass is 280 g/mol. The van der Waals surface area contributed by atoms with E-state index in [2.05, 4.69) is 10.3 Å². The van der Waals surface area contributed by atoms with Gasteiger partial charge in [0, 0.05) is 16.8 Å². The third-order valence-corrected chi connectivity index (χ3v) is 2.87. The van der Waals surface area contributed by atoms with Crippen molar-refractivity contribution in [3.05, 3.63) is 57.8 Å². The summed E-state index contributed by atoms with van der Waals surface area (Å²) in [5, 5.41) is 3.66. The van der Waals surface area contributed by atoms with Crippen LogP contribution in [0.2, 0.25) is 10.0 Å². The number of carbonyl (C=O) groups excluding carboxylic acids is 1. The molecule has 0 aliphatic carbocycles. The summed E-state index contributed by atoms with van der Waals surface area (Å²) in [5.41, 5.74) is 1.88. The molecular formula is C13H10Cl2N2O. The molecule has 18 heavy (non-hydrogen) atoms. The Hall–Kier alpha value is -1.58. The summed E-state index contributed by atoms with van der Waals surface area (Å²) >= 11 is 11.8. The highest BCUT2D eigenvalue weighted by atomic mass is 35.5. The first-order valence-corrected chi connectivity index (χ1v) is 6.00. The molecule has 0 spiro atoms. The normalized spacial score (nSPS) is 10.2. The Morgan fingerprint density at radius 1 is 1.28 bits per heavy atom. The SMILES string of the molecule is Cc1cc(Cl)cc(C(=O)Nc2cnccc2Cl)c1. The van der Waals surface area contributed by atoms with Crippen LogP contribution in [-0.4, -0.2) is 10.9 Å². The van der Waals surface area contributed by atoms with E-state index in [1.807, 2.05) is 6.92 Å². The Balaban J connectivity index is 2.25. The van der Waals surface area contributed by atoms with Gasteiger partial charge in [0.05, 0.1) is 16.9 Å². The molecule has 0 aliphatic heterocycles. The third-order valence-electron chi connectivity index (χ3n) is 2.32. The molecule has 1 aromatic heterocycles. The van der Waals surface area contributed by atoms with Gasteiger partial charge in [-0.15, -0.1) is 0 Å². The smallest absolute Gasteiger partial charge is 0.255 e. The van der Waals surface area contributed by atoms with Gasteiger partial charge in [0.2, 0.25) is 0 Å². The number of halogens is 2. The van der Waals surface area contributed by atoms with Crippen molar-refractivity contribution >= 4 is 34.8 Å². The fraction of sp³-hybridized carbons (Fsp3) is 0.0769. The van der Waals surface area contributed by atoms with Crippen molar-refractivity contribution in [3.63, 3.8) is 0 Å². The Labute approximate surface area is 115 Å². The van der Waals surface area contributed by atoms with E-state index in [4.69, 9.17) is 23.2 Å². The van der Waals surface area contributed by atoms with Crippen LogP contribution in [0.1, 0.15) is 15.9 Å². The fourth-order valence-corrected chi connectivity index (χ4v) is 1.97. The van der Waals surface area contributed by atoms with E-state index < -0.39 is 0 Å². The van der Waals surface area contributed by atoms with E-state index in [1.54, 1.807) is 30.5 Å². The average Bonchev–Trinajstić information content (AvgIpc) is 2.31. The summed E-state index contributed by atoms with van der Waals surface area (Å²) < 4.78 is 0. The van der Waals surface area contributed by atoms with Crippen molar-refractivity contribution in [1.29, 1.82) is 0 Å². The van der Waals surface area contributed by atoms with Crippen molar-refractivity contribution in [3.8, 4) is 0 Å². The molecule has 0 fully saturated rings. The van der Waals surface area contributed by atoms with Crippen LogP contribution < -0.4 is 5.32 Å². The van der Waals surface area contributed by atoms with E-state index >= 15 is 0 Å². The van der Waals surface area contributed by atoms with Gasteiger partial charge in [-0.05, 0) is 36.8 Å². The van der Waals surface area contributed by atoms with Gasteiger partial charge in [-0.3, -0.25) is 9.78 Å². The minimum Gasteiger partial charge on any atom is -0.319 e. The second-order valence-corrected chi connectivity index (χ2v) is 4.67. The maximum atomic E-state index is 12.0. The van der Waals surface area contributed by atoms with Crippen LogP contribution in [0.5, 0.6) is 0 Å². The summed E-state index contributed by atoms with van der Waals surface area (Å²) in [4.78, 5) is 15.9. The number of aryl methyl sites for hydroxylation is 1. The number of nitrogens with one attached hydrogen (secondary N) is 1. The first-order valence-electron chi connectivity index (χ1n) is 5.24. The molecule has 5 heteroatoms. The molecule has 1 heterocycles. The Morgan fingerprint density at radius 3 is 2.72 bits per heavy atom. The van der Waals surface area contributed by atoms with Gasteiger partial charge in [0.25, 0.3) is 5.91 Å². The van der Waals surface area contributed by atoms with Gasteiger partial charge in [-0.25, -0.2) is 0 Å². The van der Waals surface area contributed by atoms with Crippen LogP contribution in [-0.2, 0) is 0 Å². The minimum absolute atomic E-state index is 0.268. The number of rotatable bonds is 2. The van der Waals surface area contributed by atoms with E-state index in [0.29, 0.717) is 21.3 Å². The minimum atomic E-state index is -0.268. The molecule has 0 saturated carbocycles. The number of aromatic nitrogens is 1. The summed E-state index contributed by atoms with van der Waals surface area (Å²) in [5.74, 6) is -0.268. The number of benzene rings is 1. The molecule has 0 unspecified atom stereocenters. The average molecular weight is 281 g/mol. The van der Waals surface area contributed by atoms with Gasteiger partial charge in [-0.1, -0.05) is 23.2 Å². The second kappa shape index (κ2) is 5.38. The van der Waals surface area contributed by atoms with E-state index in [9.17, 15) is 4.79 Å². The highest BCUT2D eigenvalue weighted by Crippen LogP contribution is 2.21. The molecule has 0 aliphatic rings. The Bertz CT molecular complexity index is 579. The standard InChI is InChI=1S/C13H10Cl2N2O/c1-8-4-9(6-10(14)5-8)13(18)17-12-7-16-3-2-11(12)15/h2-7H,1H3,(H,17,18). The van der Waals surface area contributed by atoms with Gasteiger partial charge < -0.3 is 5.32 Å². The lowest BCUT2D eigenvalue weighted by Gasteiger charge is -2.07. The van der Waals surface area contributed by atoms with Crippen molar-refractivity contribution in [2.45, 2.75) is 6.92 Å². The lowest BCUT2D eigenvalue weighted by molar-refractivity contribution is 0.102. The molecule has 3 nitrogen and oxygen atoms in total. The number of hydrogen-bond acceptors (Lipinski definition) is 2. The number of anilines is 1.